The number of hydrogen-bond donors (Lipinski definition) is 4. The summed E-state index contributed by atoms with van der Waals surface area (Å²) in [5.41, 5.74) is 0. The SMILES string of the molecule is CCCCCCCCCCCCCCCC(O)C(CS(=O)(=O)O)NC(=O)C(O)CCCCCCCCCCCCC. The monoisotopic (exact) mass is 605 g/mol. The summed E-state index contributed by atoms with van der Waals surface area (Å²) in [7, 11) is -4.39. The fourth-order valence-electron chi connectivity index (χ4n) is 5.46. The highest BCUT2D eigenvalue weighted by Gasteiger charge is 2.28. The van der Waals surface area contributed by atoms with Crippen molar-refractivity contribution in [3.05, 3.63) is 0 Å². The lowest BCUT2D eigenvalue weighted by atomic mass is 10.0. The molecule has 0 aliphatic heterocycles. The van der Waals surface area contributed by atoms with Crippen LogP contribution in [0.15, 0.2) is 0 Å². The van der Waals surface area contributed by atoms with Crippen LogP contribution in [0.25, 0.3) is 0 Å². The van der Waals surface area contributed by atoms with Crippen molar-refractivity contribution in [2.75, 3.05) is 5.75 Å². The first-order valence-corrected chi connectivity index (χ1v) is 18.9. The van der Waals surface area contributed by atoms with Gasteiger partial charge in [-0.15, -0.1) is 0 Å². The smallest absolute Gasteiger partial charge is 0.266 e. The zero-order valence-corrected chi connectivity index (χ0v) is 27.6. The van der Waals surface area contributed by atoms with Crippen LogP contribution in [-0.4, -0.2) is 53.1 Å². The Labute approximate surface area is 253 Å². The third kappa shape index (κ3) is 27.9. The van der Waals surface area contributed by atoms with E-state index in [1.54, 1.807) is 0 Å². The Balaban J connectivity index is 4.08. The molecule has 0 fully saturated rings. The fraction of sp³-hybridized carbons (Fsp3) is 0.970. The van der Waals surface area contributed by atoms with Crippen LogP contribution in [0.1, 0.15) is 181 Å². The van der Waals surface area contributed by atoms with Gasteiger partial charge in [-0.3, -0.25) is 9.35 Å². The maximum Gasteiger partial charge on any atom is 0.266 e. The van der Waals surface area contributed by atoms with Crippen molar-refractivity contribution in [2.24, 2.45) is 0 Å². The minimum atomic E-state index is -4.39. The minimum Gasteiger partial charge on any atom is -0.391 e. The molecule has 4 N–H and O–H groups in total. The molecule has 0 rings (SSSR count). The zero-order valence-electron chi connectivity index (χ0n) is 26.8. The van der Waals surface area contributed by atoms with Gasteiger partial charge in [-0.2, -0.15) is 8.42 Å². The molecule has 0 aromatic heterocycles. The van der Waals surface area contributed by atoms with Gasteiger partial charge in [0.25, 0.3) is 10.1 Å². The highest BCUT2D eigenvalue weighted by atomic mass is 32.2. The summed E-state index contributed by atoms with van der Waals surface area (Å²) in [6.45, 7) is 4.46. The molecule has 3 unspecified atom stereocenters. The molecule has 0 aromatic rings. The molecule has 0 aliphatic rings. The van der Waals surface area contributed by atoms with Crippen molar-refractivity contribution in [3.8, 4) is 0 Å². The van der Waals surface area contributed by atoms with Crippen molar-refractivity contribution in [1.29, 1.82) is 0 Å². The molecule has 0 aromatic carbocycles. The van der Waals surface area contributed by atoms with Crippen molar-refractivity contribution in [3.63, 3.8) is 0 Å². The average molecular weight is 606 g/mol. The Morgan fingerprint density at radius 2 is 0.878 bits per heavy atom. The number of nitrogens with one attached hydrogen (secondary N) is 1. The van der Waals surface area contributed by atoms with E-state index in [-0.39, 0.29) is 0 Å². The van der Waals surface area contributed by atoms with Crippen LogP contribution in [0.2, 0.25) is 0 Å². The molecule has 1 amide bonds. The third-order valence-corrected chi connectivity index (χ3v) is 8.95. The highest BCUT2D eigenvalue weighted by Crippen LogP contribution is 2.16. The molecule has 0 spiro atoms. The second-order valence-corrected chi connectivity index (χ2v) is 13.8. The fourth-order valence-corrected chi connectivity index (χ4v) is 6.22. The maximum absolute atomic E-state index is 12.5. The Kier molecular flexibility index (Phi) is 27.6. The molecule has 8 heteroatoms. The summed E-state index contributed by atoms with van der Waals surface area (Å²) in [4.78, 5) is 12.5. The van der Waals surface area contributed by atoms with E-state index in [1.807, 2.05) is 0 Å². The van der Waals surface area contributed by atoms with E-state index in [0.29, 0.717) is 12.8 Å². The molecule has 246 valence electrons. The molecule has 3 atom stereocenters. The topological polar surface area (TPSA) is 124 Å². The summed E-state index contributed by atoms with van der Waals surface area (Å²) in [6.07, 6.45) is 26.9. The molecule has 0 saturated carbocycles. The average Bonchev–Trinajstić information content (AvgIpc) is 2.92. The Morgan fingerprint density at radius 3 is 1.22 bits per heavy atom. The van der Waals surface area contributed by atoms with Crippen molar-refractivity contribution >= 4 is 16.0 Å². The first kappa shape index (κ1) is 40.3. The summed E-state index contributed by atoms with van der Waals surface area (Å²) in [5.74, 6) is -1.45. The van der Waals surface area contributed by atoms with Crippen molar-refractivity contribution in [2.45, 2.75) is 199 Å². The second-order valence-electron chi connectivity index (χ2n) is 12.3. The van der Waals surface area contributed by atoms with Crippen LogP contribution < -0.4 is 5.32 Å². The summed E-state index contributed by atoms with van der Waals surface area (Å²) < 4.78 is 32.3. The van der Waals surface area contributed by atoms with Gasteiger partial charge in [0.15, 0.2) is 0 Å². The van der Waals surface area contributed by atoms with Crippen molar-refractivity contribution in [1.82, 2.24) is 5.32 Å². The van der Waals surface area contributed by atoms with E-state index in [2.05, 4.69) is 19.2 Å². The first-order chi connectivity index (χ1) is 19.7. The number of carbonyl (C=O) groups excluding carboxylic acids is 1. The largest absolute Gasteiger partial charge is 0.391 e. The molecule has 0 aliphatic carbocycles. The first-order valence-electron chi connectivity index (χ1n) is 17.3. The van der Waals surface area contributed by atoms with Gasteiger partial charge in [-0.05, 0) is 12.8 Å². The quantitative estimate of drug-likeness (QED) is 0.0466. The number of rotatable bonds is 31. The van der Waals surface area contributed by atoms with Gasteiger partial charge in [0, 0.05) is 0 Å². The maximum atomic E-state index is 12.5. The summed E-state index contributed by atoms with van der Waals surface area (Å²) in [5, 5.41) is 23.4. The lowest BCUT2D eigenvalue weighted by Crippen LogP contribution is -2.50. The summed E-state index contributed by atoms with van der Waals surface area (Å²) >= 11 is 0. The van der Waals surface area contributed by atoms with E-state index in [9.17, 15) is 28.0 Å². The molecule has 41 heavy (non-hydrogen) atoms. The van der Waals surface area contributed by atoms with Crippen LogP contribution in [0, 0.1) is 0 Å². The second kappa shape index (κ2) is 28.1. The van der Waals surface area contributed by atoms with E-state index >= 15 is 0 Å². The number of aliphatic hydroxyl groups excluding tert-OH is 2. The zero-order chi connectivity index (χ0) is 30.6. The van der Waals surface area contributed by atoms with Gasteiger partial charge in [0.1, 0.15) is 6.10 Å². The van der Waals surface area contributed by atoms with E-state index in [1.165, 1.54) is 103 Å². The molecular formula is C33H67NO6S. The number of amides is 1. The van der Waals surface area contributed by atoms with Crippen LogP contribution in [0.5, 0.6) is 0 Å². The van der Waals surface area contributed by atoms with Crippen LogP contribution in [0.3, 0.4) is 0 Å². The van der Waals surface area contributed by atoms with Crippen LogP contribution in [-0.2, 0) is 14.9 Å². The Bertz CT molecular complexity index is 687. The lowest BCUT2D eigenvalue weighted by molar-refractivity contribution is -0.131. The predicted octanol–water partition coefficient (Wildman–Crippen LogP) is 8.26. The number of aliphatic hydroxyl groups is 2. The minimum absolute atomic E-state index is 0.302. The molecule has 7 nitrogen and oxygen atoms in total. The Hall–Kier alpha value is -0.700. The standard InChI is InChI=1S/C33H67NO6S/c1-3-5-7-9-11-13-15-16-18-19-21-23-25-27-31(35)30(29-41(38,39)40)34-33(37)32(36)28-26-24-22-20-17-14-12-10-8-6-4-2/h30-32,35-36H,3-29H2,1-2H3,(H,34,37)(H,38,39,40). The van der Waals surface area contributed by atoms with Gasteiger partial charge in [0.2, 0.25) is 5.91 Å². The van der Waals surface area contributed by atoms with Gasteiger partial charge in [0.05, 0.1) is 17.9 Å². The van der Waals surface area contributed by atoms with Gasteiger partial charge in [-0.25, -0.2) is 0 Å². The number of hydrogen-bond acceptors (Lipinski definition) is 5. The molecule has 0 bridgehead atoms. The van der Waals surface area contributed by atoms with Gasteiger partial charge in [-0.1, -0.05) is 168 Å². The Morgan fingerprint density at radius 1 is 0.561 bits per heavy atom. The molecule has 0 heterocycles. The highest BCUT2D eigenvalue weighted by molar-refractivity contribution is 7.85. The van der Waals surface area contributed by atoms with E-state index in [0.717, 1.165) is 51.4 Å². The molecule has 0 radical (unpaired) electrons. The van der Waals surface area contributed by atoms with Crippen LogP contribution >= 0.6 is 0 Å². The van der Waals surface area contributed by atoms with Crippen LogP contribution in [0.4, 0.5) is 0 Å². The van der Waals surface area contributed by atoms with Gasteiger partial charge < -0.3 is 15.5 Å². The van der Waals surface area contributed by atoms with E-state index in [4.69, 9.17) is 0 Å². The number of carbonyl (C=O) groups is 1. The van der Waals surface area contributed by atoms with E-state index < -0.39 is 40.0 Å². The normalized spacial score (nSPS) is 14.2. The van der Waals surface area contributed by atoms with Crippen molar-refractivity contribution < 1.29 is 28.0 Å². The molecule has 0 saturated heterocycles. The number of unbranched alkanes of at least 4 members (excludes halogenated alkanes) is 22. The van der Waals surface area contributed by atoms with Gasteiger partial charge >= 0.3 is 0 Å². The predicted molar refractivity (Wildman–Crippen MR) is 172 cm³/mol. The lowest BCUT2D eigenvalue weighted by Gasteiger charge is -2.24. The summed E-state index contributed by atoms with van der Waals surface area (Å²) in [6, 6.07) is -1.14. The third-order valence-electron chi connectivity index (χ3n) is 8.17. The molecular weight excluding hydrogens is 538 g/mol.